The minimum atomic E-state index is -0.714. The number of aliphatic hydroxyl groups excluding tert-OH is 1. The van der Waals surface area contributed by atoms with Crippen molar-refractivity contribution in [3.63, 3.8) is 0 Å². The fourth-order valence-electron chi connectivity index (χ4n) is 3.32. The summed E-state index contributed by atoms with van der Waals surface area (Å²) in [6.45, 7) is 6.35. The van der Waals surface area contributed by atoms with E-state index >= 15 is 0 Å². The first kappa shape index (κ1) is 21.6. The second kappa shape index (κ2) is 9.03. The molecule has 3 atom stereocenters. The van der Waals surface area contributed by atoms with Gasteiger partial charge < -0.3 is 20.3 Å². The van der Waals surface area contributed by atoms with Gasteiger partial charge in [0.15, 0.2) is 0 Å². The maximum absolute atomic E-state index is 13.1. The highest BCUT2D eigenvalue weighted by atomic mass is 16.3. The molecule has 1 saturated heterocycles. The summed E-state index contributed by atoms with van der Waals surface area (Å²) in [4.78, 5) is 31.4. The Balaban J connectivity index is 2.10. The van der Waals surface area contributed by atoms with Gasteiger partial charge in [0.2, 0.25) is 11.8 Å². The highest BCUT2D eigenvalue weighted by Gasteiger charge is 2.43. The molecule has 28 heavy (non-hydrogen) atoms. The van der Waals surface area contributed by atoms with E-state index in [0.717, 1.165) is 11.1 Å². The predicted molar refractivity (Wildman–Crippen MR) is 110 cm³/mol. The van der Waals surface area contributed by atoms with E-state index in [9.17, 15) is 14.7 Å². The largest absolute Gasteiger partial charge is 0.391 e. The highest BCUT2D eigenvalue weighted by molar-refractivity contribution is 5.97. The van der Waals surface area contributed by atoms with E-state index in [0.29, 0.717) is 6.54 Å². The van der Waals surface area contributed by atoms with E-state index in [4.69, 9.17) is 6.42 Å². The summed E-state index contributed by atoms with van der Waals surface area (Å²) < 4.78 is 0. The van der Waals surface area contributed by atoms with Crippen LogP contribution in [0.5, 0.6) is 0 Å². The molecule has 0 spiro atoms. The molecule has 1 fully saturated rings. The Labute approximate surface area is 167 Å². The number of amides is 2. The fourth-order valence-corrected chi connectivity index (χ4v) is 3.32. The first-order chi connectivity index (χ1) is 13.2. The number of aliphatic hydroxyl groups is 1. The van der Waals surface area contributed by atoms with E-state index < -0.39 is 18.1 Å². The third-order valence-electron chi connectivity index (χ3n) is 4.95. The van der Waals surface area contributed by atoms with Crippen LogP contribution in [0.3, 0.4) is 0 Å². The van der Waals surface area contributed by atoms with Crippen LogP contribution < -0.4 is 5.32 Å². The van der Waals surface area contributed by atoms with Crippen LogP contribution in [0.4, 0.5) is 0 Å². The summed E-state index contributed by atoms with van der Waals surface area (Å²) in [5.74, 6) is 1.63. The van der Waals surface area contributed by atoms with Gasteiger partial charge in [-0.1, -0.05) is 38.8 Å². The fraction of sp³-hybridized carbons (Fsp3) is 0.500. The van der Waals surface area contributed by atoms with Gasteiger partial charge in [-0.2, -0.15) is 0 Å². The van der Waals surface area contributed by atoms with E-state index in [1.165, 1.54) is 4.90 Å². The van der Waals surface area contributed by atoms with Crippen molar-refractivity contribution < 1.29 is 14.7 Å². The molecule has 150 valence electrons. The predicted octanol–water partition coefficient (Wildman–Crippen LogP) is 1.61. The number of hydrogen-bond acceptors (Lipinski definition) is 4. The molecule has 1 aromatic carbocycles. The van der Waals surface area contributed by atoms with Crippen LogP contribution in [0.25, 0.3) is 0 Å². The zero-order valence-electron chi connectivity index (χ0n) is 17.0. The van der Waals surface area contributed by atoms with Gasteiger partial charge in [0, 0.05) is 38.3 Å². The van der Waals surface area contributed by atoms with Crippen molar-refractivity contribution in [3.8, 4) is 12.3 Å². The summed E-state index contributed by atoms with van der Waals surface area (Å²) in [6, 6.07) is 6.65. The molecule has 0 aliphatic carbocycles. The highest BCUT2D eigenvalue weighted by Crippen LogP contribution is 2.29. The Bertz CT molecular complexity index is 772. The molecule has 2 amide bonds. The summed E-state index contributed by atoms with van der Waals surface area (Å²) in [7, 11) is 1.63. The SMILES string of the molecule is C#Cc1ccc(CNC(=O)[C@@H]2C[C@@H](O)CN2C(=O)C(/C=N\C)C(C)(C)C)cc1. The molecule has 6 nitrogen and oxygen atoms in total. The third-order valence-corrected chi connectivity index (χ3v) is 4.95. The van der Waals surface area contributed by atoms with Crippen molar-refractivity contribution in [1.29, 1.82) is 0 Å². The molecular weight excluding hydrogens is 354 g/mol. The summed E-state index contributed by atoms with van der Waals surface area (Å²) in [5.41, 5.74) is 1.34. The Kier molecular flexibility index (Phi) is 6.98. The van der Waals surface area contributed by atoms with Crippen LogP contribution in [0.15, 0.2) is 29.3 Å². The molecule has 2 rings (SSSR count). The maximum Gasteiger partial charge on any atom is 0.243 e. The van der Waals surface area contributed by atoms with Gasteiger partial charge in [-0.15, -0.1) is 6.42 Å². The number of carbonyl (C=O) groups excluding carboxylic acids is 2. The third kappa shape index (κ3) is 5.20. The standard InChI is InChI=1S/C22H29N3O3/c1-6-15-7-9-16(10-8-15)12-24-20(27)19-11-17(26)14-25(19)21(28)18(13-23-5)22(2,3)4/h1,7-10,13,17-19,26H,11-12,14H2,2-5H3,(H,24,27)/b23-13-/t17-,18?,19+/m1/s1. The molecule has 0 radical (unpaired) electrons. The first-order valence-corrected chi connectivity index (χ1v) is 9.41. The second-order valence-corrected chi connectivity index (χ2v) is 8.21. The lowest BCUT2D eigenvalue weighted by Crippen LogP contribution is -2.50. The normalized spacial score (nSPS) is 20.8. The molecule has 1 heterocycles. The maximum atomic E-state index is 13.1. The van der Waals surface area contributed by atoms with Crippen molar-refractivity contribution in [2.24, 2.45) is 16.3 Å². The zero-order valence-corrected chi connectivity index (χ0v) is 17.0. The number of carbonyl (C=O) groups is 2. The van der Waals surface area contributed by atoms with Crippen LogP contribution in [-0.2, 0) is 16.1 Å². The van der Waals surface area contributed by atoms with Gasteiger partial charge in [-0.3, -0.25) is 9.59 Å². The Hall–Kier alpha value is -2.65. The Morgan fingerprint density at radius 2 is 2.04 bits per heavy atom. The van der Waals surface area contributed by atoms with E-state index in [1.807, 2.05) is 45.0 Å². The minimum Gasteiger partial charge on any atom is -0.391 e. The zero-order chi connectivity index (χ0) is 20.9. The van der Waals surface area contributed by atoms with Crippen LogP contribution in [0.2, 0.25) is 0 Å². The number of nitrogens with one attached hydrogen (secondary N) is 1. The van der Waals surface area contributed by atoms with Gasteiger partial charge in [0.05, 0.1) is 12.0 Å². The molecule has 0 aromatic heterocycles. The monoisotopic (exact) mass is 383 g/mol. The topological polar surface area (TPSA) is 82.0 Å². The second-order valence-electron chi connectivity index (χ2n) is 8.21. The van der Waals surface area contributed by atoms with E-state index in [2.05, 4.69) is 16.2 Å². The molecule has 0 bridgehead atoms. The lowest BCUT2D eigenvalue weighted by Gasteiger charge is -2.32. The minimum absolute atomic E-state index is 0.151. The van der Waals surface area contributed by atoms with Crippen molar-refractivity contribution in [3.05, 3.63) is 35.4 Å². The number of aliphatic imine (C=N–C) groups is 1. The smallest absolute Gasteiger partial charge is 0.243 e. The molecule has 1 aliphatic heterocycles. The molecule has 1 aliphatic rings. The molecule has 6 heteroatoms. The van der Waals surface area contributed by atoms with Gasteiger partial charge in [-0.05, 0) is 23.1 Å². The van der Waals surface area contributed by atoms with Crippen LogP contribution >= 0.6 is 0 Å². The first-order valence-electron chi connectivity index (χ1n) is 9.41. The Morgan fingerprint density at radius 3 is 2.57 bits per heavy atom. The van der Waals surface area contributed by atoms with Crippen molar-refractivity contribution >= 4 is 18.0 Å². The molecular formula is C22H29N3O3. The van der Waals surface area contributed by atoms with Crippen molar-refractivity contribution in [1.82, 2.24) is 10.2 Å². The van der Waals surface area contributed by atoms with E-state index in [1.54, 1.807) is 13.3 Å². The molecule has 1 aromatic rings. The van der Waals surface area contributed by atoms with Crippen LogP contribution in [0.1, 0.15) is 38.3 Å². The summed E-state index contributed by atoms with van der Waals surface area (Å²) in [6.07, 6.45) is 6.48. The quantitative estimate of drug-likeness (QED) is 0.599. The number of rotatable bonds is 5. The number of terminal acetylenes is 1. The van der Waals surface area contributed by atoms with Crippen LogP contribution in [-0.4, -0.2) is 53.8 Å². The number of nitrogens with zero attached hydrogens (tertiary/aromatic N) is 2. The number of β-amino-alcohol motifs (C(OH)–C–C–N with tert-alkyl or cyclic N) is 1. The number of likely N-dealkylation sites (tertiary alicyclic amines) is 1. The molecule has 0 saturated carbocycles. The lowest BCUT2D eigenvalue weighted by molar-refractivity contribution is -0.142. The molecule has 2 N–H and O–H groups in total. The van der Waals surface area contributed by atoms with Crippen molar-refractivity contribution in [2.75, 3.05) is 13.6 Å². The van der Waals surface area contributed by atoms with Gasteiger partial charge in [0.1, 0.15) is 6.04 Å². The number of benzene rings is 1. The number of hydrogen-bond donors (Lipinski definition) is 2. The molecule has 1 unspecified atom stereocenters. The van der Waals surface area contributed by atoms with Crippen LogP contribution in [0, 0.1) is 23.7 Å². The van der Waals surface area contributed by atoms with Gasteiger partial charge in [-0.25, -0.2) is 0 Å². The van der Waals surface area contributed by atoms with E-state index in [-0.39, 0.29) is 30.2 Å². The average molecular weight is 383 g/mol. The summed E-state index contributed by atoms with van der Waals surface area (Å²) >= 11 is 0. The summed E-state index contributed by atoms with van der Waals surface area (Å²) in [5, 5.41) is 13.0. The van der Waals surface area contributed by atoms with Gasteiger partial charge >= 0.3 is 0 Å². The Morgan fingerprint density at radius 1 is 1.39 bits per heavy atom. The van der Waals surface area contributed by atoms with Crippen molar-refractivity contribution in [2.45, 2.75) is 45.9 Å². The van der Waals surface area contributed by atoms with Gasteiger partial charge in [0.25, 0.3) is 0 Å². The lowest BCUT2D eigenvalue weighted by atomic mass is 9.80. The average Bonchev–Trinajstić information content (AvgIpc) is 3.05.